The highest BCUT2D eigenvalue weighted by Gasteiger charge is 2.19. The lowest BCUT2D eigenvalue weighted by Crippen LogP contribution is -1.95. The van der Waals surface area contributed by atoms with E-state index in [1.165, 1.54) is 22.3 Å². The minimum atomic E-state index is 0.609. The molecule has 1 aliphatic rings. The average Bonchev–Trinajstić information content (AvgIpc) is 2.89. The first-order valence-corrected chi connectivity index (χ1v) is 6.78. The summed E-state index contributed by atoms with van der Waals surface area (Å²) in [5.74, 6) is 0. The number of hydrogen-bond donors (Lipinski definition) is 2. The molecule has 0 aliphatic heterocycles. The summed E-state index contributed by atoms with van der Waals surface area (Å²) < 4.78 is 0. The van der Waals surface area contributed by atoms with Crippen molar-refractivity contribution in [2.24, 2.45) is 10.3 Å². The maximum atomic E-state index is 8.89. The Morgan fingerprint density at radius 3 is 1.62 bits per heavy atom. The summed E-state index contributed by atoms with van der Waals surface area (Å²) >= 11 is 0. The van der Waals surface area contributed by atoms with Crippen LogP contribution in [0.4, 0.5) is 0 Å². The lowest BCUT2D eigenvalue weighted by atomic mass is 10.0. The highest BCUT2D eigenvalue weighted by Crippen LogP contribution is 2.37. The molecule has 2 aromatic carbocycles. The second kappa shape index (κ2) is 5.05. The molecular weight excluding hydrogens is 264 g/mol. The van der Waals surface area contributed by atoms with Crippen LogP contribution in [0.3, 0.4) is 0 Å². The minimum Gasteiger partial charge on any atom is -0.411 e. The number of oxime groups is 2. The highest BCUT2D eigenvalue weighted by atomic mass is 16.4. The van der Waals surface area contributed by atoms with E-state index >= 15 is 0 Å². The quantitative estimate of drug-likeness (QED) is 0.427. The van der Waals surface area contributed by atoms with E-state index in [-0.39, 0.29) is 0 Å². The van der Waals surface area contributed by atoms with Gasteiger partial charge in [0.25, 0.3) is 0 Å². The number of nitrogens with zero attached hydrogens (tertiary/aromatic N) is 2. The second-order valence-electron chi connectivity index (χ2n) is 5.29. The Balaban J connectivity index is 2.05. The van der Waals surface area contributed by atoms with Crippen molar-refractivity contribution in [3.8, 4) is 11.1 Å². The fourth-order valence-corrected chi connectivity index (χ4v) is 2.78. The summed E-state index contributed by atoms with van der Waals surface area (Å²) in [5, 5.41) is 24.3. The van der Waals surface area contributed by atoms with E-state index in [4.69, 9.17) is 10.4 Å². The lowest BCUT2D eigenvalue weighted by molar-refractivity contribution is 0.319. The van der Waals surface area contributed by atoms with Crippen LogP contribution in [0.5, 0.6) is 0 Å². The van der Waals surface area contributed by atoms with E-state index in [0.29, 0.717) is 11.4 Å². The molecule has 2 N–H and O–H groups in total. The topological polar surface area (TPSA) is 65.2 Å². The van der Waals surface area contributed by atoms with Crippen LogP contribution >= 0.6 is 0 Å². The summed E-state index contributed by atoms with van der Waals surface area (Å²) in [7, 11) is 0. The molecule has 0 spiro atoms. The van der Waals surface area contributed by atoms with Gasteiger partial charge in [-0.05, 0) is 65.8 Å². The van der Waals surface area contributed by atoms with Gasteiger partial charge in [-0.2, -0.15) is 0 Å². The molecule has 0 fully saturated rings. The van der Waals surface area contributed by atoms with Crippen LogP contribution in [0, 0.1) is 0 Å². The third-order valence-electron chi connectivity index (χ3n) is 4.02. The third-order valence-corrected chi connectivity index (χ3v) is 4.02. The van der Waals surface area contributed by atoms with Gasteiger partial charge < -0.3 is 10.4 Å². The summed E-state index contributed by atoms with van der Waals surface area (Å²) in [6, 6.07) is 12.2. The summed E-state index contributed by atoms with van der Waals surface area (Å²) in [6.07, 6.45) is 0.837. The SMILES string of the molecule is CC(=NO)c1ccc2c(c1)Cc1cc(C(C)=NO)ccc1-2. The maximum Gasteiger partial charge on any atom is 0.0837 e. The lowest BCUT2D eigenvalue weighted by Gasteiger charge is -2.05. The molecule has 0 saturated heterocycles. The van der Waals surface area contributed by atoms with Crippen molar-refractivity contribution in [1.29, 1.82) is 0 Å². The average molecular weight is 280 g/mol. The zero-order valence-electron chi connectivity index (χ0n) is 12.0. The molecule has 21 heavy (non-hydrogen) atoms. The first-order valence-electron chi connectivity index (χ1n) is 6.78. The first-order chi connectivity index (χ1) is 10.1. The Hall–Kier alpha value is -2.62. The van der Waals surface area contributed by atoms with E-state index in [2.05, 4.69) is 34.6 Å². The Morgan fingerprint density at radius 1 is 0.810 bits per heavy atom. The van der Waals surface area contributed by atoms with Crippen molar-refractivity contribution >= 4 is 11.4 Å². The van der Waals surface area contributed by atoms with Gasteiger partial charge in [0.1, 0.15) is 0 Å². The van der Waals surface area contributed by atoms with E-state index in [9.17, 15) is 0 Å². The van der Waals surface area contributed by atoms with Crippen molar-refractivity contribution in [2.75, 3.05) is 0 Å². The molecule has 1 aliphatic carbocycles. The van der Waals surface area contributed by atoms with Crippen molar-refractivity contribution in [2.45, 2.75) is 20.3 Å². The number of fused-ring (bicyclic) bond motifs is 3. The molecule has 0 saturated carbocycles. The van der Waals surface area contributed by atoms with Crippen LogP contribution in [-0.2, 0) is 6.42 Å². The van der Waals surface area contributed by atoms with Crippen LogP contribution in [0.25, 0.3) is 11.1 Å². The molecule has 3 rings (SSSR count). The molecule has 0 radical (unpaired) electrons. The van der Waals surface area contributed by atoms with Crippen LogP contribution in [0.1, 0.15) is 36.1 Å². The molecule has 0 bridgehead atoms. The molecule has 0 atom stereocenters. The molecular formula is C17H16N2O2. The number of hydrogen-bond acceptors (Lipinski definition) is 4. The van der Waals surface area contributed by atoms with Gasteiger partial charge in [-0.15, -0.1) is 0 Å². The van der Waals surface area contributed by atoms with Gasteiger partial charge in [0.05, 0.1) is 11.4 Å². The third kappa shape index (κ3) is 2.18. The molecule has 0 unspecified atom stereocenters. The van der Waals surface area contributed by atoms with E-state index < -0.39 is 0 Å². The second-order valence-corrected chi connectivity index (χ2v) is 5.29. The van der Waals surface area contributed by atoms with E-state index in [0.717, 1.165) is 17.5 Å². The number of benzene rings is 2. The number of rotatable bonds is 2. The van der Waals surface area contributed by atoms with Gasteiger partial charge in [0.2, 0.25) is 0 Å². The molecule has 0 heterocycles. The zero-order chi connectivity index (χ0) is 15.0. The molecule has 0 aromatic heterocycles. The van der Waals surface area contributed by atoms with Gasteiger partial charge in [-0.1, -0.05) is 34.6 Å². The van der Waals surface area contributed by atoms with Crippen molar-refractivity contribution in [3.63, 3.8) is 0 Å². The summed E-state index contributed by atoms with van der Waals surface area (Å²) in [5.41, 5.74) is 7.95. The first kappa shape index (κ1) is 13.4. The van der Waals surface area contributed by atoms with Crippen LogP contribution in [-0.4, -0.2) is 21.8 Å². The van der Waals surface area contributed by atoms with Crippen molar-refractivity contribution in [1.82, 2.24) is 0 Å². The highest BCUT2D eigenvalue weighted by molar-refractivity contribution is 6.00. The van der Waals surface area contributed by atoms with E-state index in [1.54, 1.807) is 13.8 Å². The minimum absolute atomic E-state index is 0.609. The fraction of sp³-hybridized carbons (Fsp3) is 0.176. The predicted molar refractivity (Wildman–Crippen MR) is 82.7 cm³/mol. The van der Waals surface area contributed by atoms with Crippen LogP contribution in [0.2, 0.25) is 0 Å². The van der Waals surface area contributed by atoms with Gasteiger partial charge >= 0.3 is 0 Å². The molecule has 0 amide bonds. The van der Waals surface area contributed by atoms with Gasteiger partial charge in [0.15, 0.2) is 0 Å². The molecule has 106 valence electrons. The van der Waals surface area contributed by atoms with Gasteiger partial charge in [0, 0.05) is 0 Å². The smallest absolute Gasteiger partial charge is 0.0837 e. The monoisotopic (exact) mass is 280 g/mol. The van der Waals surface area contributed by atoms with Crippen molar-refractivity contribution < 1.29 is 10.4 Å². The summed E-state index contributed by atoms with van der Waals surface area (Å²) in [6.45, 7) is 3.56. The van der Waals surface area contributed by atoms with Crippen molar-refractivity contribution in [3.05, 3.63) is 58.7 Å². The van der Waals surface area contributed by atoms with Crippen LogP contribution < -0.4 is 0 Å². The molecule has 4 nitrogen and oxygen atoms in total. The van der Waals surface area contributed by atoms with Gasteiger partial charge in [-0.25, -0.2) is 0 Å². The van der Waals surface area contributed by atoms with Gasteiger partial charge in [-0.3, -0.25) is 0 Å². The molecule has 2 aromatic rings. The summed E-state index contributed by atoms with van der Waals surface area (Å²) in [4.78, 5) is 0. The Morgan fingerprint density at radius 2 is 1.24 bits per heavy atom. The standard InChI is InChI=1S/C17H16N2O2/c1-10(18-20)12-3-5-16-14(7-12)9-15-8-13(11(2)19-21)4-6-17(15)16/h3-8,20-21H,9H2,1-2H3. The van der Waals surface area contributed by atoms with E-state index in [1.807, 2.05) is 12.1 Å². The zero-order valence-corrected chi connectivity index (χ0v) is 12.0. The maximum absolute atomic E-state index is 8.89. The largest absolute Gasteiger partial charge is 0.411 e. The fourth-order valence-electron chi connectivity index (χ4n) is 2.78. The molecule has 4 heteroatoms. The Bertz CT molecular complexity index is 711. The normalized spacial score (nSPS) is 14.0. The Kier molecular flexibility index (Phi) is 3.22. The Labute approximate surface area is 123 Å². The predicted octanol–water partition coefficient (Wildman–Crippen LogP) is 3.65. The van der Waals surface area contributed by atoms with Crippen LogP contribution in [0.15, 0.2) is 46.7 Å².